The molecule has 2 amide bonds. The van der Waals surface area contributed by atoms with Gasteiger partial charge in [-0.3, -0.25) is 14.6 Å². The number of rotatable bonds is 3. The molecular weight excluding hydrogens is 280 g/mol. The van der Waals surface area contributed by atoms with Crippen molar-refractivity contribution in [1.29, 1.82) is 0 Å². The molecule has 7 heteroatoms. The molecule has 1 saturated heterocycles. The molecule has 0 atom stereocenters. The van der Waals surface area contributed by atoms with E-state index in [1.807, 2.05) is 0 Å². The van der Waals surface area contributed by atoms with Gasteiger partial charge in [-0.05, 0) is 6.07 Å². The van der Waals surface area contributed by atoms with E-state index in [1.165, 1.54) is 17.3 Å². The number of halogens is 1. The fourth-order valence-electron chi connectivity index (χ4n) is 2.04. The normalized spacial score (nSPS) is 15.0. The van der Waals surface area contributed by atoms with Crippen molar-refractivity contribution >= 4 is 23.4 Å². The lowest BCUT2D eigenvalue weighted by molar-refractivity contribution is -0.132. The van der Waals surface area contributed by atoms with Crippen LogP contribution in [0.1, 0.15) is 10.4 Å². The highest BCUT2D eigenvalue weighted by Gasteiger charge is 2.21. The summed E-state index contributed by atoms with van der Waals surface area (Å²) in [4.78, 5) is 31.3. The number of hydrogen-bond donors (Lipinski definition) is 1. The predicted molar refractivity (Wildman–Crippen MR) is 75.7 cm³/mol. The summed E-state index contributed by atoms with van der Waals surface area (Å²) in [6.07, 6.45) is 2.92. The average Bonchev–Trinajstić information content (AvgIpc) is 2.48. The molecule has 108 valence electrons. The summed E-state index contributed by atoms with van der Waals surface area (Å²) in [5.74, 6) is -0.326. The summed E-state index contributed by atoms with van der Waals surface area (Å²) in [6.45, 7) is 2.99. The summed E-state index contributed by atoms with van der Waals surface area (Å²) >= 11 is 5.93. The fourth-order valence-corrected chi connectivity index (χ4v) is 2.24. The van der Waals surface area contributed by atoms with Gasteiger partial charge in [-0.15, -0.1) is 0 Å². The van der Waals surface area contributed by atoms with Crippen LogP contribution in [0.5, 0.6) is 0 Å². The van der Waals surface area contributed by atoms with E-state index in [0.717, 1.165) is 13.1 Å². The topological polar surface area (TPSA) is 65.5 Å². The highest BCUT2D eigenvalue weighted by molar-refractivity contribution is 6.33. The molecule has 2 heterocycles. The number of pyridine rings is 1. The van der Waals surface area contributed by atoms with Crippen molar-refractivity contribution in [2.75, 3.05) is 39.8 Å². The average molecular weight is 297 g/mol. The third-order valence-corrected chi connectivity index (χ3v) is 3.49. The minimum absolute atomic E-state index is 0.0486. The summed E-state index contributed by atoms with van der Waals surface area (Å²) in [6, 6.07) is 1.55. The summed E-state index contributed by atoms with van der Waals surface area (Å²) < 4.78 is 0. The zero-order valence-corrected chi connectivity index (χ0v) is 12.1. The second-order valence-corrected chi connectivity index (χ2v) is 5.05. The Morgan fingerprint density at radius 3 is 2.80 bits per heavy atom. The molecular formula is C13H17ClN4O2. The number of aromatic nitrogens is 1. The van der Waals surface area contributed by atoms with Gasteiger partial charge in [0, 0.05) is 45.6 Å². The van der Waals surface area contributed by atoms with Gasteiger partial charge < -0.3 is 15.1 Å². The van der Waals surface area contributed by atoms with Crippen LogP contribution in [0.15, 0.2) is 18.5 Å². The van der Waals surface area contributed by atoms with Crippen LogP contribution in [-0.2, 0) is 4.79 Å². The molecule has 0 bridgehead atoms. The number of nitrogens with zero attached hydrogens (tertiary/aromatic N) is 3. The molecule has 0 saturated carbocycles. The summed E-state index contributed by atoms with van der Waals surface area (Å²) in [7, 11) is 1.60. The van der Waals surface area contributed by atoms with Gasteiger partial charge >= 0.3 is 0 Å². The van der Waals surface area contributed by atoms with Crippen molar-refractivity contribution < 1.29 is 9.59 Å². The van der Waals surface area contributed by atoms with Crippen LogP contribution in [-0.4, -0.2) is 66.4 Å². The zero-order chi connectivity index (χ0) is 14.5. The Morgan fingerprint density at radius 1 is 1.45 bits per heavy atom. The van der Waals surface area contributed by atoms with Crippen LogP contribution in [0, 0.1) is 0 Å². The Labute approximate surface area is 122 Å². The van der Waals surface area contributed by atoms with E-state index in [9.17, 15) is 9.59 Å². The van der Waals surface area contributed by atoms with Crippen molar-refractivity contribution in [2.45, 2.75) is 0 Å². The van der Waals surface area contributed by atoms with E-state index in [0.29, 0.717) is 23.7 Å². The number of likely N-dealkylation sites (N-methyl/N-ethyl adjacent to an activating group) is 1. The minimum atomic E-state index is -0.277. The highest BCUT2D eigenvalue weighted by atomic mass is 35.5. The standard InChI is InChI=1S/C13H17ClN4O2/c1-17(9-12(19)18-6-4-15-5-7-18)13(20)10-2-3-16-8-11(10)14/h2-3,8,15H,4-7,9H2,1H3. The highest BCUT2D eigenvalue weighted by Crippen LogP contribution is 2.15. The lowest BCUT2D eigenvalue weighted by Crippen LogP contribution is -2.49. The second kappa shape index (κ2) is 6.67. The van der Waals surface area contributed by atoms with E-state index in [4.69, 9.17) is 11.6 Å². The smallest absolute Gasteiger partial charge is 0.255 e. The van der Waals surface area contributed by atoms with Crippen molar-refractivity contribution in [1.82, 2.24) is 20.1 Å². The van der Waals surface area contributed by atoms with Crippen LogP contribution in [0.25, 0.3) is 0 Å². The van der Waals surface area contributed by atoms with Gasteiger partial charge in [-0.25, -0.2) is 0 Å². The molecule has 0 aliphatic carbocycles. The van der Waals surface area contributed by atoms with E-state index in [2.05, 4.69) is 10.3 Å². The van der Waals surface area contributed by atoms with E-state index >= 15 is 0 Å². The quantitative estimate of drug-likeness (QED) is 0.868. The van der Waals surface area contributed by atoms with Gasteiger partial charge in [0.2, 0.25) is 5.91 Å². The maximum absolute atomic E-state index is 12.2. The van der Waals surface area contributed by atoms with Gasteiger partial charge in [-0.2, -0.15) is 0 Å². The predicted octanol–water partition coefficient (Wildman–Crippen LogP) is 0.239. The van der Waals surface area contributed by atoms with Crippen molar-refractivity contribution in [3.8, 4) is 0 Å². The van der Waals surface area contributed by atoms with Crippen LogP contribution < -0.4 is 5.32 Å². The lowest BCUT2D eigenvalue weighted by atomic mass is 10.2. The zero-order valence-electron chi connectivity index (χ0n) is 11.3. The van der Waals surface area contributed by atoms with Crippen LogP contribution >= 0.6 is 11.6 Å². The molecule has 1 N–H and O–H groups in total. The first kappa shape index (κ1) is 14.7. The number of amides is 2. The largest absolute Gasteiger partial charge is 0.339 e. The lowest BCUT2D eigenvalue weighted by Gasteiger charge is -2.29. The Bertz CT molecular complexity index is 503. The van der Waals surface area contributed by atoms with Gasteiger partial charge in [0.05, 0.1) is 17.1 Å². The van der Waals surface area contributed by atoms with Gasteiger partial charge in [-0.1, -0.05) is 11.6 Å². The first-order valence-corrected chi connectivity index (χ1v) is 6.81. The van der Waals surface area contributed by atoms with Gasteiger partial charge in [0.1, 0.15) is 0 Å². The van der Waals surface area contributed by atoms with E-state index in [-0.39, 0.29) is 18.4 Å². The number of nitrogens with one attached hydrogen (secondary N) is 1. The molecule has 2 rings (SSSR count). The van der Waals surface area contributed by atoms with Gasteiger partial charge in [0.15, 0.2) is 0 Å². The molecule has 1 aromatic heterocycles. The molecule has 0 radical (unpaired) electrons. The first-order valence-electron chi connectivity index (χ1n) is 6.43. The summed E-state index contributed by atoms with van der Waals surface area (Å²) in [5, 5.41) is 3.47. The van der Waals surface area contributed by atoms with Crippen LogP contribution in [0.4, 0.5) is 0 Å². The third-order valence-electron chi connectivity index (χ3n) is 3.19. The molecule has 20 heavy (non-hydrogen) atoms. The number of carbonyl (C=O) groups excluding carboxylic acids is 2. The first-order chi connectivity index (χ1) is 9.59. The number of hydrogen-bond acceptors (Lipinski definition) is 4. The Morgan fingerprint density at radius 2 is 2.15 bits per heavy atom. The molecule has 0 spiro atoms. The Kier molecular flexibility index (Phi) is 4.92. The van der Waals surface area contributed by atoms with Crippen molar-refractivity contribution in [2.24, 2.45) is 0 Å². The molecule has 0 aromatic carbocycles. The molecule has 1 aliphatic rings. The second-order valence-electron chi connectivity index (χ2n) is 4.65. The van der Waals surface area contributed by atoms with Gasteiger partial charge in [0.25, 0.3) is 5.91 Å². The fraction of sp³-hybridized carbons (Fsp3) is 0.462. The molecule has 0 unspecified atom stereocenters. The molecule has 1 fully saturated rings. The van der Waals surface area contributed by atoms with E-state index < -0.39 is 0 Å². The SMILES string of the molecule is CN(CC(=O)N1CCNCC1)C(=O)c1ccncc1Cl. The van der Waals surface area contributed by atoms with Crippen LogP contribution in [0.3, 0.4) is 0 Å². The van der Waals surface area contributed by atoms with Crippen LogP contribution in [0.2, 0.25) is 5.02 Å². The monoisotopic (exact) mass is 296 g/mol. The minimum Gasteiger partial charge on any atom is -0.339 e. The Balaban J connectivity index is 1.97. The molecule has 6 nitrogen and oxygen atoms in total. The van der Waals surface area contributed by atoms with E-state index in [1.54, 1.807) is 18.0 Å². The number of piperazine rings is 1. The Hall–Kier alpha value is -1.66. The molecule has 1 aromatic rings. The third kappa shape index (κ3) is 3.46. The maximum Gasteiger partial charge on any atom is 0.255 e. The van der Waals surface area contributed by atoms with Crippen molar-refractivity contribution in [3.63, 3.8) is 0 Å². The molecule has 1 aliphatic heterocycles. The summed E-state index contributed by atoms with van der Waals surface area (Å²) in [5.41, 5.74) is 0.359. The maximum atomic E-state index is 12.2. The number of carbonyl (C=O) groups is 2. The van der Waals surface area contributed by atoms with Crippen molar-refractivity contribution in [3.05, 3.63) is 29.0 Å².